The molecule has 89 heavy (non-hydrogen) atoms. The first kappa shape index (κ1) is 50.6. The van der Waals surface area contributed by atoms with Gasteiger partial charge in [0.25, 0.3) is 13.4 Å². The SMILES string of the molecule is CC1(C)CCC(C)(C)C2CC3=C(C=C21)Oc1cc(-n2c4ccccc4c4ccccc42)cc2c1B3c1cc3c(cc1N2c1ccccc1)N(c1ccccc1)c1cc(-n2c4ccccc4c4ccccc42)cc2c1B3c1ccc3sc4c(c3c1O2)CCCC4. The summed E-state index contributed by atoms with van der Waals surface area (Å²) in [6.45, 7) is 9.77. The molecule has 7 heterocycles. The molecule has 0 radical (unpaired) electrons. The molecule has 1 fully saturated rings. The molecule has 6 nitrogen and oxygen atoms in total. The van der Waals surface area contributed by atoms with Crippen molar-refractivity contribution >= 4 is 140 Å². The van der Waals surface area contributed by atoms with Crippen LogP contribution < -0.4 is 46.6 Å². The Kier molecular flexibility index (Phi) is 10.3. The normalized spacial score (nSPS) is 18.0. The van der Waals surface area contributed by atoms with Gasteiger partial charge >= 0.3 is 0 Å². The Bertz CT molecular complexity index is 5250. The smallest absolute Gasteiger partial charge is 0.256 e. The highest BCUT2D eigenvalue weighted by Gasteiger charge is 2.53. The van der Waals surface area contributed by atoms with E-state index in [2.05, 4.69) is 259 Å². The summed E-state index contributed by atoms with van der Waals surface area (Å²) in [5, 5.41) is 6.26. The van der Waals surface area contributed by atoms with E-state index in [9.17, 15) is 0 Å². The number of nitrogens with zero attached hydrogens (tertiary/aromatic N) is 4. The van der Waals surface area contributed by atoms with Crippen LogP contribution in [0.1, 0.15) is 70.2 Å². The third-order valence-corrected chi connectivity index (χ3v) is 23.2. The fourth-order valence-electron chi connectivity index (χ4n) is 17.7. The quantitative estimate of drug-likeness (QED) is 0.165. The molecule has 3 aliphatic carbocycles. The topological polar surface area (TPSA) is 34.8 Å². The Hall–Kier alpha value is -9.43. The lowest BCUT2D eigenvalue weighted by Crippen LogP contribution is -2.62. The minimum Gasteiger partial charge on any atom is -0.459 e. The largest absolute Gasteiger partial charge is 0.459 e. The molecule has 13 aromatic rings. The number of ether oxygens (including phenoxy) is 2. The van der Waals surface area contributed by atoms with Crippen molar-refractivity contribution in [2.24, 2.45) is 16.7 Å². The predicted molar refractivity (Wildman–Crippen MR) is 373 cm³/mol. The van der Waals surface area contributed by atoms with E-state index in [0.717, 1.165) is 82.8 Å². The second-order valence-corrected chi connectivity index (χ2v) is 28.7. The van der Waals surface area contributed by atoms with Crippen molar-refractivity contribution in [2.75, 3.05) is 9.80 Å². The Labute approximate surface area is 522 Å². The summed E-state index contributed by atoms with van der Waals surface area (Å²) in [6, 6.07) is 77.7. The molecular formula is C80H62B2N4O2S. The molecule has 10 aromatic carbocycles. The number of hydrogen-bond acceptors (Lipinski definition) is 5. The first-order valence-corrected chi connectivity index (χ1v) is 33.0. The molecule has 0 saturated heterocycles. The van der Waals surface area contributed by atoms with Gasteiger partial charge in [-0.05, 0) is 179 Å². The van der Waals surface area contributed by atoms with Crippen molar-refractivity contribution in [3.8, 4) is 28.6 Å². The van der Waals surface area contributed by atoms with Gasteiger partial charge in [0.05, 0.1) is 33.4 Å². The zero-order chi connectivity index (χ0) is 58.8. The maximum atomic E-state index is 7.80. The van der Waals surface area contributed by atoms with Crippen LogP contribution in [0.2, 0.25) is 0 Å². The van der Waals surface area contributed by atoms with E-state index in [1.165, 1.54) is 133 Å². The number of fused-ring (bicyclic) bond motifs is 18. The number of aromatic nitrogens is 2. The van der Waals surface area contributed by atoms with Crippen LogP contribution in [0.25, 0.3) is 65.1 Å². The summed E-state index contributed by atoms with van der Waals surface area (Å²) in [5.41, 5.74) is 24.5. The molecule has 1 atom stereocenters. The van der Waals surface area contributed by atoms with Crippen LogP contribution in [0.5, 0.6) is 17.2 Å². The number of allylic oxidation sites excluding steroid dienone is 3. The van der Waals surface area contributed by atoms with Gasteiger partial charge in [-0.2, -0.15) is 0 Å². The van der Waals surface area contributed by atoms with E-state index >= 15 is 0 Å². The second-order valence-electron chi connectivity index (χ2n) is 27.6. The van der Waals surface area contributed by atoms with Gasteiger partial charge in [-0.25, -0.2) is 0 Å². The maximum Gasteiger partial charge on any atom is 0.256 e. The Morgan fingerprint density at radius 3 is 1.57 bits per heavy atom. The lowest BCUT2D eigenvalue weighted by molar-refractivity contribution is 0.120. The van der Waals surface area contributed by atoms with Crippen molar-refractivity contribution < 1.29 is 9.47 Å². The highest BCUT2D eigenvalue weighted by Crippen LogP contribution is 2.58. The minimum absolute atomic E-state index is 0.0446. The van der Waals surface area contributed by atoms with Gasteiger partial charge < -0.3 is 28.4 Å². The first-order valence-electron chi connectivity index (χ1n) is 32.2. The van der Waals surface area contributed by atoms with Crippen molar-refractivity contribution in [1.82, 2.24) is 9.13 Å². The van der Waals surface area contributed by atoms with Gasteiger partial charge in [0.2, 0.25) is 0 Å². The van der Waals surface area contributed by atoms with Crippen LogP contribution >= 0.6 is 11.3 Å². The van der Waals surface area contributed by atoms with Gasteiger partial charge in [-0.1, -0.05) is 155 Å². The summed E-state index contributed by atoms with van der Waals surface area (Å²) in [4.78, 5) is 6.70. The van der Waals surface area contributed by atoms with Crippen LogP contribution in [0.3, 0.4) is 0 Å². The summed E-state index contributed by atoms with van der Waals surface area (Å²) >= 11 is 1.99. The van der Waals surface area contributed by atoms with Crippen molar-refractivity contribution in [3.05, 3.63) is 240 Å². The lowest BCUT2D eigenvalue weighted by Gasteiger charge is -2.52. The van der Waals surface area contributed by atoms with Gasteiger partial charge in [-0.3, -0.25) is 0 Å². The summed E-state index contributed by atoms with van der Waals surface area (Å²) in [7, 11) is 0. The van der Waals surface area contributed by atoms with Crippen LogP contribution in [0.4, 0.5) is 34.1 Å². The predicted octanol–water partition coefficient (Wildman–Crippen LogP) is 17.7. The summed E-state index contributed by atoms with van der Waals surface area (Å²) < 4.78 is 21.8. The van der Waals surface area contributed by atoms with Crippen LogP contribution in [0, 0.1) is 16.7 Å². The molecule has 0 amide bonds. The second kappa shape index (κ2) is 18.1. The van der Waals surface area contributed by atoms with Crippen LogP contribution in [-0.2, 0) is 12.8 Å². The zero-order valence-corrected chi connectivity index (χ0v) is 51.2. The van der Waals surface area contributed by atoms with Crippen molar-refractivity contribution in [2.45, 2.75) is 72.6 Å². The van der Waals surface area contributed by atoms with Crippen LogP contribution in [0.15, 0.2) is 229 Å². The molecule has 9 heteroatoms. The van der Waals surface area contributed by atoms with E-state index in [-0.39, 0.29) is 24.3 Å². The molecule has 1 unspecified atom stereocenters. The highest BCUT2D eigenvalue weighted by atomic mass is 32.1. The molecule has 1 saturated carbocycles. The number of thiophene rings is 1. The number of rotatable bonds is 4. The van der Waals surface area contributed by atoms with Gasteiger partial charge in [-0.15, -0.1) is 11.3 Å². The molecule has 3 aromatic heterocycles. The highest BCUT2D eigenvalue weighted by molar-refractivity contribution is 7.19. The van der Waals surface area contributed by atoms with E-state index in [4.69, 9.17) is 9.47 Å². The molecule has 0 bridgehead atoms. The summed E-state index contributed by atoms with van der Waals surface area (Å²) in [6.07, 6.45) is 10.4. The lowest BCUT2D eigenvalue weighted by atomic mass is 9.29. The fraction of sp³-hybridized carbons (Fsp3) is 0.175. The third-order valence-electron chi connectivity index (χ3n) is 22.0. The number of para-hydroxylation sites is 6. The van der Waals surface area contributed by atoms with E-state index in [1.807, 2.05) is 11.3 Å². The Morgan fingerprint density at radius 2 is 0.989 bits per heavy atom. The van der Waals surface area contributed by atoms with E-state index in [0.29, 0.717) is 5.92 Å². The standard InChI is InChI=1S/C80H62B2N4O2S/c1-79(2)37-38-80(3,4)57-44-70-61(43-56(57)79)82-60-45-59-66(46-67(60)84(48-23-9-6-10-24-48)68-39-49(41-71(87-70)76(68)82)85-62-30-16-11-25-51(62)52-26-12-17-31-63(52)85)83(47-21-7-5-8-22-47)69-40-50(86-64-32-18-13-27-53(64)54-28-14-19-33-65(54)86)42-72-77(69)81(59)58-35-36-74-75(78(58)88-72)55-29-15-20-34-73(55)89-74/h5-14,16-19,21-28,30-33,35-36,39-42,44-46,56H,15,20,29,34,37-38,43H2,1-4H3. The van der Waals surface area contributed by atoms with Crippen LogP contribution in [-0.4, -0.2) is 22.6 Å². The monoisotopic (exact) mass is 1160 g/mol. The van der Waals surface area contributed by atoms with Gasteiger partial charge in [0, 0.05) is 82.8 Å². The molecule has 20 rings (SSSR count). The molecule has 7 aliphatic rings. The Balaban J connectivity index is 0.912. The van der Waals surface area contributed by atoms with Gasteiger partial charge in [0.15, 0.2) is 0 Å². The number of benzene rings is 10. The molecule has 4 aliphatic heterocycles. The average molecular weight is 1170 g/mol. The molecule has 426 valence electrons. The number of hydrogen-bond donors (Lipinski definition) is 0. The van der Waals surface area contributed by atoms with E-state index < -0.39 is 0 Å². The van der Waals surface area contributed by atoms with Gasteiger partial charge in [0.1, 0.15) is 23.0 Å². The molecule has 0 spiro atoms. The minimum atomic E-state index is -0.146. The van der Waals surface area contributed by atoms with Crippen molar-refractivity contribution in [3.63, 3.8) is 0 Å². The Morgan fingerprint density at radius 1 is 0.472 bits per heavy atom. The zero-order valence-electron chi connectivity index (χ0n) is 50.4. The van der Waals surface area contributed by atoms with E-state index in [1.54, 1.807) is 0 Å². The average Bonchev–Trinajstić information content (AvgIpc) is 0.925. The fourth-order valence-corrected chi connectivity index (χ4v) is 19.0. The summed E-state index contributed by atoms with van der Waals surface area (Å²) in [5.74, 6) is 4.27. The maximum absolute atomic E-state index is 7.80. The number of aryl methyl sites for hydroxylation is 2. The number of anilines is 6. The third kappa shape index (κ3) is 6.94. The van der Waals surface area contributed by atoms with Crippen molar-refractivity contribution in [1.29, 1.82) is 0 Å². The molecular weight excluding hydrogens is 1100 g/mol. The molecule has 0 N–H and O–H groups in total. The first-order chi connectivity index (χ1) is 43.6.